The number of benzene rings is 2. The molecule has 0 spiro atoms. The highest BCUT2D eigenvalue weighted by Gasteiger charge is 2.43. The molecule has 0 radical (unpaired) electrons. The molecule has 12 heteroatoms. The van der Waals surface area contributed by atoms with Crippen molar-refractivity contribution in [1.29, 1.82) is 0 Å². The van der Waals surface area contributed by atoms with E-state index < -0.39 is 41.1 Å². The van der Waals surface area contributed by atoms with E-state index in [-0.39, 0.29) is 28.9 Å². The monoisotopic (exact) mass is 631 g/mol. The molecule has 45 heavy (non-hydrogen) atoms. The Kier molecular flexibility index (Phi) is 9.74. The van der Waals surface area contributed by atoms with Crippen molar-refractivity contribution in [2.24, 2.45) is 10.9 Å². The third-order valence-corrected chi connectivity index (χ3v) is 9.12. The number of nitrogens with zero attached hydrogens (tertiary/aromatic N) is 3. The van der Waals surface area contributed by atoms with Gasteiger partial charge in [-0.1, -0.05) is 25.3 Å². The average Bonchev–Trinajstić information content (AvgIpc) is 2.98. The second-order valence-corrected chi connectivity index (χ2v) is 12.3. The number of nitrogens with one attached hydrogen (secondary N) is 2. The number of likely N-dealkylation sites (N-methyl/N-ethyl adjacent to an activating group) is 1. The highest BCUT2D eigenvalue weighted by Crippen LogP contribution is 2.38. The predicted octanol–water partition coefficient (Wildman–Crippen LogP) is 6.24. The number of carbonyl (C=O) groups excluding carboxylic acids is 2. The first-order valence-corrected chi connectivity index (χ1v) is 15.3. The fourth-order valence-electron chi connectivity index (χ4n) is 6.41. The van der Waals surface area contributed by atoms with Crippen molar-refractivity contribution in [2.45, 2.75) is 76.8 Å². The lowest BCUT2D eigenvalue weighted by atomic mass is 9.95. The van der Waals surface area contributed by atoms with Crippen LogP contribution in [0.1, 0.15) is 51.5 Å². The molecule has 2 amide bonds. The largest absolute Gasteiger partial charge is 0.414 e. The van der Waals surface area contributed by atoms with Crippen LogP contribution in [0.3, 0.4) is 0 Å². The normalized spacial score (nSPS) is 23.3. The molecule has 2 heterocycles. The lowest BCUT2D eigenvalue weighted by Crippen LogP contribution is -2.55. The van der Waals surface area contributed by atoms with Gasteiger partial charge in [0.2, 0.25) is 5.91 Å². The summed E-state index contributed by atoms with van der Waals surface area (Å²) >= 11 is 0. The Morgan fingerprint density at radius 1 is 1.00 bits per heavy atom. The van der Waals surface area contributed by atoms with Crippen LogP contribution in [0.4, 0.5) is 33.3 Å². The first kappa shape index (κ1) is 32.7. The van der Waals surface area contributed by atoms with Crippen molar-refractivity contribution >= 4 is 29.4 Å². The van der Waals surface area contributed by atoms with Crippen LogP contribution in [0.2, 0.25) is 0 Å². The van der Waals surface area contributed by atoms with E-state index in [4.69, 9.17) is 0 Å². The highest BCUT2D eigenvalue weighted by molar-refractivity contribution is 6.11. The van der Waals surface area contributed by atoms with Gasteiger partial charge in [0.15, 0.2) is 0 Å². The maximum absolute atomic E-state index is 15.5. The molecule has 2 aliphatic heterocycles. The van der Waals surface area contributed by atoms with Crippen LogP contribution < -0.4 is 15.5 Å². The second-order valence-electron chi connectivity index (χ2n) is 12.3. The topological polar surface area (TPSA) is 77.0 Å². The minimum atomic E-state index is -4.95. The average molecular weight is 632 g/mol. The van der Waals surface area contributed by atoms with Crippen LogP contribution in [0.5, 0.6) is 0 Å². The maximum atomic E-state index is 15.5. The Morgan fingerprint density at radius 2 is 1.64 bits per heavy atom. The van der Waals surface area contributed by atoms with Gasteiger partial charge in [-0.25, -0.2) is 13.8 Å². The van der Waals surface area contributed by atoms with E-state index in [2.05, 4.69) is 20.5 Å². The van der Waals surface area contributed by atoms with Crippen molar-refractivity contribution in [3.63, 3.8) is 0 Å². The lowest BCUT2D eigenvalue weighted by Gasteiger charge is -2.44. The van der Waals surface area contributed by atoms with Gasteiger partial charge in [-0.3, -0.25) is 14.5 Å². The number of hydrogen-bond acceptors (Lipinski definition) is 5. The number of rotatable bonds is 7. The van der Waals surface area contributed by atoms with E-state index in [1.807, 2.05) is 25.8 Å². The molecule has 0 bridgehead atoms. The number of hydrogen-bond donors (Lipinski definition) is 2. The Bertz CT molecular complexity index is 1470. The zero-order chi connectivity index (χ0) is 32.5. The van der Waals surface area contributed by atoms with Crippen LogP contribution in [-0.4, -0.2) is 67.4 Å². The zero-order valence-electron chi connectivity index (χ0n) is 25.6. The molecule has 242 valence electrons. The molecule has 2 fully saturated rings. The van der Waals surface area contributed by atoms with E-state index in [9.17, 15) is 22.8 Å². The molecule has 1 unspecified atom stereocenters. The van der Waals surface area contributed by atoms with Crippen molar-refractivity contribution < 1.29 is 31.5 Å². The molecular weight excluding hydrogens is 593 g/mol. The molecule has 0 aromatic heterocycles. The number of carbonyl (C=O) groups is 2. The number of halogens is 5. The molecule has 1 saturated heterocycles. The Balaban J connectivity index is 1.48. The summed E-state index contributed by atoms with van der Waals surface area (Å²) in [5, 5.41) is 5.94. The lowest BCUT2D eigenvalue weighted by molar-refractivity contribution is -0.124. The summed E-state index contributed by atoms with van der Waals surface area (Å²) in [6.45, 7) is 5.46. The van der Waals surface area contributed by atoms with E-state index in [1.54, 1.807) is 12.1 Å². The molecule has 7 nitrogen and oxygen atoms in total. The number of amides is 2. The van der Waals surface area contributed by atoms with Gasteiger partial charge in [0.05, 0.1) is 22.5 Å². The summed E-state index contributed by atoms with van der Waals surface area (Å²) in [6.07, 6.45) is 1.52. The predicted molar refractivity (Wildman–Crippen MR) is 164 cm³/mol. The number of dihydropyridines is 1. The van der Waals surface area contributed by atoms with Gasteiger partial charge in [0, 0.05) is 50.1 Å². The van der Waals surface area contributed by atoms with E-state index >= 15 is 8.78 Å². The fraction of sp³-hybridized carbons (Fsp3) is 0.485. The number of anilines is 2. The summed E-state index contributed by atoms with van der Waals surface area (Å²) in [7, 11) is 1.99. The quantitative estimate of drug-likeness (QED) is 0.354. The Hall–Kier alpha value is -3.64. The van der Waals surface area contributed by atoms with Crippen LogP contribution in [0.25, 0.3) is 11.1 Å². The number of piperazine rings is 1. The summed E-state index contributed by atoms with van der Waals surface area (Å²) in [5.74, 6) is -5.65. The van der Waals surface area contributed by atoms with E-state index in [0.717, 1.165) is 25.7 Å². The van der Waals surface area contributed by atoms with E-state index in [1.165, 1.54) is 24.6 Å². The molecule has 1 saturated carbocycles. The highest BCUT2D eigenvalue weighted by atomic mass is 19.4. The third kappa shape index (κ3) is 7.44. The molecule has 2 aromatic rings. The second kappa shape index (κ2) is 13.4. The van der Waals surface area contributed by atoms with Gasteiger partial charge in [-0.05, 0) is 69.1 Å². The minimum absolute atomic E-state index is 0.0927. The van der Waals surface area contributed by atoms with Gasteiger partial charge in [-0.15, -0.1) is 0 Å². The van der Waals surface area contributed by atoms with Gasteiger partial charge >= 0.3 is 6.18 Å². The van der Waals surface area contributed by atoms with Gasteiger partial charge < -0.3 is 15.5 Å². The molecule has 3 aliphatic rings. The smallest absolute Gasteiger partial charge is 0.367 e. The summed E-state index contributed by atoms with van der Waals surface area (Å²) < 4.78 is 72.3. The maximum Gasteiger partial charge on any atom is 0.414 e. The first-order chi connectivity index (χ1) is 21.3. The Morgan fingerprint density at radius 3 is 2.27 bits per heavy atom. The van der Waals surface area contributed by atoms with Crippen molar-refractivity contribution in [3.05, 3.63) is 59.2 Å². The van der Waals surface area contributed by atoms with Crippen molar-refractivity contribution in [2.75, 3.05) is 30.4 Å². The standard InChI is InChI=1S/C33H38F5N5O2/c1-19-17-43(18-20(2)42(19)3)29-10-9-22(13-28(29)41-32(45)24-16-40-30(44)14-25(24)33(36,37)38)31-26(34)11-21(12-27(31)35)15-39-23-7-5-4-6-8-23/h9-14,16,19-20,23-24,39H,4-8,15,17-18H2,1-3H3,(H,41,45)/t19-,20+,24?. The number of aliphatic imine (C=N–C) groups is 1. The van der Waals surface area contributed by atoms with Crippen LogP contribution in [-0.2, 0) is 16.1 Å². The SMILES string of the molecule is C[C@@H]1CN(c2ccc(-c3c(F)cc(CNC4CCCCC4)cc3F)cc2NC(=O)C2C=NC(=O)C=C2C(F)(F)F)C[C@H](C)N1C. The van der Waals surface area contributed by atoms with Crippen LogP contribution >= 0.6 is 0 Å². The molecule has 3 atom stereocenters. The molecule has 2 aromatic carbocycles. The fourth-order valence-corrected chi connectivity index (χ4v) is 6.41. The summed E-state index contributed by atoms with van der Waals surface area (Å²) in [5.41, 5.74) is -0.481. The van der Waals surface area contributed by atoms with Gasteiger partial charge in [0.25, 0.3) is 5.91 Å². The van der Waals surface area contributed by atoms with Gasteiger partial charge in [-0.2, -0.15) is 13.2 Å². The summed E-state index contributed by atoms with van der Waals surface area (Å²) in [4.78, 5) is 32.5. The minimum Gasteiger partial charge on any atom is -0.367 e. The Labute approximate surface area is 259 Å². The molecular formula is C33H38F5N5O2. The van der Waals surface area contributed by atoms with Crippen LogP contribution in [0.15, 0.2) is 47.0 Å². The number of alkyl halides is 3. The molecule has 1 aliphatic carbocycles. The summed E-state index contributed by atoms with van der Waals surface area (Å²) in [6, 6.07) is 7.62. The zero-order valence-corrected chi connectivity index (χ0v) is 25.6. The first-order valence-electron chi connectivity index (χ1n) is 15.3. The van der Waals surface area contributed by atoms with Crippen LogP contribution in [0, 0.1) is 17.6 Å². The van der Waals surface area contributed by atoms with E-state index in [0.29, 0.717) is 49.2 Å². The van der Waals surface area contributed by atoms with Crippen molar-refractivity contribution in [3.8, 4) is 11.1 Å². The molecule has 2 N–H and O–H groups in total. The van der Waals surface area contributed by atoms with Crippen molar-refractivity contribution in [1.82, 2.24) is 10.2 Å². The molecule has 5 rings (SSSR count). The van der Waals surface area contributed by atoms with Gasteiger partial charge in [0.1, 0.15) is 17.6 Å². The third-order valence-electron chi connectivity index (χ3n) is 9.12.